The Hall–Kier alpha value is -1.47. The number of methoxy groups -OCH3 is 1. The molecular weight excluding hydrogens is 234 g/mol. The molecule has 0 bridgehead atoms. The average Bonchev–Trinajstić information content (AvgIpc) is 2.76. The first-order valence-corrected chi connectivity index (χ1v) is 5.94. The summed E-state index contributed by atoms with van der Waals surface area (Å²) in [7, 11) is 1.62. The van der Waals surface area contributed by atoms with Crippen LogP contribution in [0.25, 0.3) is 0 Å². The first kappa shape index (κ1) is 14.6. The molecule has 0 spiro atoms. The molecule has 3 N–H and O–H groups in total. The standard InChI is InChI=1S/C11H21N5O2/c1-8(2)10(7-18-3)13-11(17)6-16-5-9(4-12)14-15-16/h5,8,10H,4,6-7,12H2,1-3H3,(H,13,17). The van der Waals surface area contributed by atoms with Crippen molar-refractivity contribution >= 4 is 5.91 Å². The second-order valence-electron chi connectivity index (χ2n) is 4.48. The summed E-state index contributed by atoms with van der Waals surface area (Å²) in [4.78, 5) is 11.8. The van der Waals surface area contributed by atoms with E-state index in [0.717, 1.165) is 0 Å². The lowest BCUT2D eigenvalue weighted by molar-refractivity contribution is -0.123. The van der Waals surface area contributed by atoms with Gasteiger partial charge in [0.2, 0.25) is 5.91 Å². The molecule has 1 unspecified atom stereocenters. The van der Waals surface area contributed by atoms with Crippen LogP contribution in [0.15, 0.2) is 6.20 Å². The van der Waals surface area contributed by atoms with Crippen molar-refractivity contribution in [3.8, 4) is 0 Å². The van der Waals surface area contributed by atoms with Gasteiger partial charge in [-0.2, -0.15) is 0 Å². The van der Waals surface area contributed by atoms with E-state index in [9.17, 15) is 4.79 Å². The van der Waals surface area contributed by atoms with Crippen LogP contribution < -0.4 is 11.1 Å². The lowest BCUT2D eigenvalue weighted by atomic mass is 10.1. The van der Waals surface area contributed by atoms with Crippen molar-refractivity contribution in [2.75, 3.05) is 13.7 Å². The lowest BCUT2D eigenvalue weighted by Crippen LogP contribution is -2.43. The zero-order valence-electron chi connectivity index (χ0n) is 11.1. The van der Waals surface area contributed by atoms with Gasteiger partial charge in [0.05, 0.1) is 24.5 Å². The van der Waals surface area contributed by atoms with Crippen LogP contribution in [0.3, 0.4) is 0 Å². The molecule has 1 atom stereocenters. The highest BCUT2D eigenvalue weighted by Gasteiger charge is 2.16. The Balaban J connectivity index is 2.49. The quantitative estimate of drug-likeness (QED) is 0.686. The third-order valence-corrected chi connectivity index (χ3v) is 2.60. The number of hydrogen-bond donors (Lipinski definition) is 2. The molecule has 0 aliphatic carbocycles. The first-order valence-electron chi connectivity index (χ1n) is 5.94. The van der Waals surface area contributed by atoms with Crippen LogP contribution in [-0.2, 0) is 22.6 Å². The van der Waals surface area contributed by atoms with Crippen molar-refractivity contribution in [1.82, 2.24) is 20.3 Å². The van der Waals surface area contributed by atoms with Gasteiger partial charge in [0.1, 0.15) is 6.54 Å². The zero-order chi connectivity index (χ0) is 13.5. The summed E-state index contributed by atoms with van der Waals surface area (Å²) < 4.78 is 6.55. The van der Waals surface area contributed by atoms with Gasteiger partial charge in [-0.3, -0.25) is 4.79 Å². The smallest absolute Gasteiger partial charge is 0.242 e. The number of hydrogen-bond acceptors (Lipinski definition) is 5. The number of carbonyl (C=O) groups excluding carboxylic acids is 1. The van der Waals surface area contributed by atoms with Gasteiger partial charge in [0.15, 0.2) is 0 Å². The second kappa shape index (κ2) is 7.07. The molecule has 102 valence electrons. The Morgan fingerprint density at radius 3 is 2.83 bits per heavy atom. The summed E-state index contributed by atoms with van der Waals surface area (Å²) in [5.41, 5.74) is 6.09. The number of ether oxygens (including phenoxy) is 1. The van der Waals surface area contributed by atoms with Gasteiger partial charge in [-0.15, -0.1) is 5.10 Å². The molecule has 1 amide bonds. The maximum absolute atomic E-state index is 11.8. The van der Waals surface area contributed by atoms with E-state index < -0.39 is 0 Å². The molecule has 1 aromatic rings. The molecule has 0 radical (unpaired) electrons. The fraction of sp³-hybridized carbons (Fsp3) is 0.727. The van der Waals surface area contributed by atoms with Crippen molar-refractivity contribution in [2.24, 2.45) is 11.7 Å². The molecule has 1 aromatic heterocycles. The van der Waals surface area contributed by atoms with Crippen LogP contribution >= 0.6 is 0 Å². The third-order valence-electron chi connectivity index (χ3n) is 2.60. The van der Waals surface area contributed by atoms with E-state index in [2.05, 4.69) is 15.6 Å². The van der Waals surface area contributed by atoms with E-state index in [4.69, 9.17) is 10.5 Å². The van der Waals surface area contributed by atoms with Crippen molar-refractivity contribution < 1.29 is 9.53 Å². The first-order chi connectivity index (χ1) is 8.56. The van der Waals surface area contributed by atoms with Crippen LogP contribution in [0, 0.1) is 5.92 Å². The largest absolute Gasteiger partial charge is 0.383 e. The van der Waals surface area contributed by atoms with E-state index >= 15 is 0 Å². The Kier molecular flexibility index (Phi) is 5.73. The van der Waals surface area contributed by atoms with Crippen LogP contribution in [0.2, 0.25) is 0 Å². The summed E-state index contributed by atoms with van der Waals surface area (Å²) in [6.45, 7) is 5.02. The van der Waals surface area contributed by atoms with Crippen molar-refractivity contribution in [3.05, 3.63) is 11.9 Å². The van der Waals surface area contributed by atoms with Gasteiger partial charge < -0.3 is 15.8 Å². The van der Waals surface area contributed by atoms with Gasteiger partial charge >= 0.3 is 0 Å². The Bertz CT molecular complexity index is 377. The minimum absolute atomic E-state index is 0.000000289. The Morgan fingerprint density at radius 1 is 1.61 bits per heavy atom. The molecule has 0 saturated heterocycles. The number of carbonyl (C=O) groups is 1. The SMILES string of the molecule is COCC(NC(=O)Cn1cc(CN)nn1)C(C)C. The normalized spacial score (nSPS) is 12.7. The molecule has 0 aromatic carbocycles. The molecule has 18 heavy (non-hydrogen) atoms. The molecule has 1 rings (SSSR count). The highest BCUT2D eigenvalue weighted by molar-refractivity contribution is 5.75. The molecule has 7 nitrogen and oxygen atoms in total. The monoisotopic (exact) mass is 255 g/mol. The zero-order valence-corrected chi connectivity index (χ0v) is 11.1. The number of amides is 1. The molecule has 0 saturated carbocycles. The van der Waals surface area contributed by atoms with Gasteiger partial charge in [0.25, 0.3) is 0 Å². The van der Waals surface area contributed by atoms with Crippen LogP contribution in [-0.4, -0.2) is 40.7 Å². The molecule has 0 aliphatic heterocycles. The van der Waals surface area contributed by atoms with Crippen molar-refractivity contribution in [2.45, 2.75) is 33.0 Å². The predicted molar refractivity (Wildman–Crippen MR) is 66.6 cm³/mol. The highest BCUT2D eigenvalue weighted by atomic mass is 16.5. The van der Waals surface area contributed by atoms with E-state index in [1.807, 2.05) is 13.8 Å². The summed E-state index contributed by atoms with van der Waals surface area (Å²) in [5.74, 6) is 0.198. The van der Waals surface area contributed by atoms with Gasteiger partial charge in [0, 0.05) is 13.7 Å². The fourth-order valence-corrected chi connectivity index (χ4v) is 1.49. The van der Waals surface area contributed by atoms with E-state index in [1.165, 1.54) is 4.68 Å². The number of rotatable bonds is 7. The summed E-state index contributed by atoms with van der Waals surface area (Å²) in [6, 6.07) is 0.000000289. The summed E-state index contributed by atoms with van der Waals surface area (Å²) >= 11 is 0. The van der Waals surface area contributed by atoms with E-state index in [-0.39, 0.29) is 18.5 Å². The second-order valence-corrected chi connectivity index (χ2v) is 4.48. The summed E-state index contributed by atoms with van der Waals surface area (Å²) in [6.07, 6.45) is 1.67. The van der Waals surface area contributed by atoms with E-state index in [1.54, 1.807) is 13.3 Å². The minimum atomic E-state index is -0.112. The third kappa shape index (κ3) is 4.42. The number of nitrogens with two attached hydrogens (primary N) is 1. The maximum atomic E-state index is 11.8. The summed E-state index contributed by atoms with van der Waals surface area (Å²) in [5, 5.41) is 10.6. The van der Waals surface area contributed by atoms with Gasteiger partial charge in [-0.1, -0.05) is 19.1 Å². The lowest BCUT2D eigenvalue weighted by Gasteiger charge is -2.21. The van der Waals surface area contributed by atoms with Gasteiger partial charge in [-0.05, 0) is 5.92 Å². The number of nitrogens with zero attached hydrogens (tertiary/aromatic N) is 3. The predicted octanol–water partition coefficient (Wildman–Crippen LogP) is -0.476. The van der Waals surface area contributed by atoms with Crippen LogP contribution in [0.5, 0.6) is 0 Å². The van der Waals surface area contributed by atoms with Crippen molar-refractivity contribution in [3.63, 3.8) is 0 Å². The maximum Gasteiger partial charge on any atom is 0.242 e. The molecule has 1 heterocycles. The van der Waals surface area contributed by atoms with Crippen LogP contribution in [0.1, 0.15) is 19.5 Å². The number of nitrogens with one attached hydrogen (secondary N) is 1. The fourth-order valence-electron chi connectivity index (χ4n) is 1.49. The average molecular weight is 255 g/mol. The topological polar surface area (TPSA) is 95.1 Å². The molecule has 7 heteroatoms. The Labute approximate surface area is 107 Å². The Morgan fingerprint density at radius 2 is 2.33 bits per heavy atom. The highest BCUT2D eigenvalue weighted by Crippen LogP contribution is 2.02. The van der Waals surface area contributed by atoms with E-state index in [0.29, 0.717) is 24.8 Å². The minimum Gasteiger partial charge on any atom is -0.383 e. The molecule has 0 aliphatic rings. The van der Waals surface area contributed by atoms with Crippen LogP contribution in [0.4, 0.5) is 0 Å². The van der Waals surface area contributed by atoms with Crippen molar-refractivity contribution in [1.29, 1.82) is 0 Å². The van der Waals surface area contributed by atoms with Gasteiger partial charge in [-0.25, -0.2) is 4.68 Å². The molecule has 0 fully saturated rings. The molecular formula is C11H21N5O2. The number of aromatic nitrogens is 3.